The molecule has 0 bridgehead atoms. The van der Waals surface area contributed by atoms with E-state index >= 15 is 0 Å². The fourth-order valence-corrected chi connectivity index (χ4v) is 3.33. The molecule has 1 aliphatic rings. The molecule has 0 saturated carbocycles. The van der Waals surface area contributed by atoms with Gasteiger partial charge in [-0.3, -0.25) is 0 Å². The first kappa shape index (κ1) is 13.8. The van der Waals surface area contributed by atoms with Crippen molar-refractivity contribution < 1.29 is 9.53 Å². The van der Waals surface area contributed by atoms with Crippen LogP contribution in [0, 0.1) is 0 Å². The van der Waals surface area contributed by atoms with Gasteiger partial charge in [0.1, 0.15) is 6.10 Å². The molecule has 0 aromatic heterocycles. The van der Waals surface area contributed by atoms with E-state index in [4.69, 9.17) is 4.74 Å². The lowest BCUT2D eigenvalue weighted by atomic mass is 9.88. The first-order chi connectivity index (χ1) is 11.3. The molecule has 0 heterocycles. The van der Waals surface area contributed by atoms with E-state index in [0.29, 0.717) is 6.42 Å². The molecule has 3 aromatic rings. The third-order valence-electron chi connectivity index (χ3n) is 4.41. The van der Waals surface area contributed by atoms with Gasteiger partial charge in [-0.25, -0.2) is 4.79 Å². The average Bonchev–Trinajstić information content (AvgIpc) is 2.61. The zero-order valence-electron chi connectivity index (χ0n) is 12.7. The van der Waals surface area contributed by atoms with E-state index in [-0.39, 0.29) is 12.1 Å². The number of fused-ring (bicyclic) bond motifs is 5. The van der Waals surface area contributed by atoms with Gasteiger partial charge in [0.15, 0.2) is 0 Å². The summed E-state index contributed by atoms with van der Waals surface area (Å²) in [7, 11) is 0. The largest absolute Gasteiger partial charge is 0.454 e. The summed E-state index contributed by atoms with van der Waals surface area (Å²) in [6.07, 6.45) is 5.87. The lowest BCUT2D eigenvalue weighted by Crippen LogP contribution is -2.12. The number of benzene rings is 3. The monoisotopic (exact) mass is 300 g/mol. The van der Waals surface area contributed by atoms with Crippen LogP contribution in [0.15, 0.2) is 67.3 Å². The molecule has 2 nitrogen and oxygen atoms in total. The second-order valence-corrected chi connectivity index (χ2v) is 5.72. The number of rotatable bonds is 2. The zero-order valence-corrected chi connectivity index (χ0v) is 12.7. The summed E-state index contributed by atoms with van der Waals surface area (Å²) >= 11 is 0. The van der Waals surface area contributed by atoms with Gasteiger partial charge in [-0.2, -0.15) is 0 Å². The van der Waals surface area contributed by atoms with Gasteiger partial charge in [-0.05, 0) is 27.1 Å². The molecule has 1 aliphatic carbocycles. The van der Waals surface area contributed by atoms with Crippen LogP contribution in [0.25, 0.3) is 27.6 Å². The lowest BCUT2D eigenvalue weighted by Gasteiger charge is -2.23. The molecule has 1 unspecified atom stereocenters. The van der Waals surface area contributed by atoms with E-state index in [1.807, 2.05) is 0 Å². The summed E-state index contributed by atoms with van der Waals surface area (Å²) in [5.74, 6) is -0.380. The van der Waals surface area contributed by atoms with Crippen LogP contribution in [0.4, 0.5) is 0 Å². The van der Waals surface area contributed by atoms with Gasteiger partial charge in [0.2, 0.25) is 0 Å². The summed E-state index contributed by atoms with van der Waals surface area (Å²) in [4.78, 5) is 11.6. The molecule has 4 rings (SSSR count). The van der Waals surface area contributed by atoms with E-state index in [0.717, 1.165) is 11.1 Å². The summed E-state index contributed by atoms with van der Waals surface area (Å²) in [5, 5.41) is 4.89. The maximum absolute atomic E-state index is 11.6. The summed E-state index contributed by atoms with van der Waals surface area (Å²) in [5.41, 5.74) is 2.20. The smallest absolute Gasteiger partial charge is 0.330 e. The van der Waals surface area contributed by atoms with Crippen molar-refractivity contribution in [1.29, 1.82) is 0 Å². The van der Waals surface area contributed by atoms with Gasteiger partial charge in [-0.15, -0.1) is 0 Å². The molecular formula is C21H16O2. The molecule has 3 aromatic carbocycles. The van der Waals surface area contributed by atoms with Crippen LogP contribution < -0.4 is 0 Å². The molecule has 0 spiro atoms. The lowest BCUT2D eigenvalue weighted by molar-refractivity contribution is -0.143. The van der Waals surface area contributed by atoms with Crippen molar-refractivity contribution in [2.24, 2.45) is 0 Å². The highest BCUT2D eigenvalue weighted by Gasteiger charge is 2.21. The van der Waals surface area contributed by atoms with E-state index in [2.05, 4.69) is 67.3 Å². The normalized spacial score (nSPS) is 16.3. The fourth-order valence-electron chi connectivity index (χ4n) is 3.33. The van der Waals surface area contributed by atoms with E-state index < -0.39 is 0 Å². The van der Waals surface area contributed by atoms with E-state index in [1.165, 1.54) is 27.6 Å². The molecule has 0 amide bonds. The SMILES string of the molecule is C=CC(=O)OC1CC=Cc2c1ccc1c2ccc2ccccc21. The molecule has 112 valence electrons. The summed E-state index contributed by atoms with van der Waals surface area (Å²) in [6.45, 7) is 3.47. The molecular weight excluding hydrogens is 284 g/mol. The molecule has 0 radical (unpaired) electrons. The van der Waals surface area contributed by atoms with Crippen LogP contribution in [0.3, 0.4) is 0 Å². The quantitative estimate of drug-likeness (QED) is 0.370. The number of ether oxygens (including phenoxy) is 1. The first-order valence-electron chi connectivity index (χ1n) is 7.72. The van der Waals surface area contributed by atoms with Gasteiger partial charge in [0.05, 0.1) is 0 Å². The molecule has 2 heteroatoms. The zero-order chi connectivity index (χ0) is 15.8. The Morgan fingerprint density at radius 1 is 1.04 bits per heavy atom. The van der Waals surface area contributed by atoms with Gasteiger partial charge in [0.25, 0.3) is 0 Å². The molecule has 0 fully saturated rings. The Morgan fingerprint density at radius 3 is 2.74 bits per heavy atom. The van der Waals surface area contributed by atoms with Crippen LogP contribution in [-0.2, 0) is 9.53 Å². The van der Waals surface area contributed by atoms with Crippen molar-refractivity contribution in [3.05, 3.63) is 78.4 Å². The van der Waals surface area contributed by atoms with Crippen LogP contribution >= 0.6 is 0 Å². The first-order valence-corrected chi connectivity index (χ1v) is 7.72. The second kappa shape index (κ2) is 5.40. The Balaban J connectivity index is 1.93. The van der Waals surface area contributed by atoms with E-state index in [1.54, 1.807) is 0 Å². The highest BCUT2D eigenvalue weighted by molar-refractivity contribution is 6.10. The van der Waals surface area contributed by atoms with Crippen molar-refractivity contribution in [3.8, 4) is 0 Å². The predicted octanol–water partition coefficient (Wildman–Crippen LogP) is 5.18. The van der Waals surface area contributed by atoms with Crippen LogP contribution in [0.1, 0.15) is 23.7 Å². The second-order valence-electron chi connectivity index (χ2n) is 5.72. The Labute approximate surface area is 134 Å². The highest BCUT2D eigenvalue weighted by Crippen LogP contribution is 2.37. The minimum atomic E-state index is -0.380. The Kier molecular flexibility index (Phi) is 3.23. The van der Waals surface area contributed by atoms with Crippen LogP contribution in [-0.4, -0.2) is 5.97 Å². The van der Waals surface area contributed by atoms with Crippen molar-refractivity contribution in [2.45, 2.75) is 12.5 Å². The highest BCUT2D eigenvalue weighted by atomic mass is 16.5. The van der Waals surface area contributed by atoms with Gasteiger partial charge in [0, 0.05) is 18.1 Å². The maximum Gasteiger partial charge on any atom is 0.330 e. The molecule has 0 N–H and O–H groups in total. The fraction of sp³-hybridized carbons (Fsp3) is 0.0952. The number of carbonyl (C=O) groups excluding carboxylic acids is 1. The van der Waals surface area contributed by atoms with Gasteiger partial charge in [-0.1, -0.05) is 67.3 Å². The minimum absolute atomic E-state index is 0.239. The Morgan fingerprint density at radius 2 is 1.87 bits per heavy atom. The predicted molar refractivity (Wildman–Crippen MR) is 94.1 cm³/mol. The number of hydrogen-bond acceptors (Lipinski definition) is 2. The van der Waals surface area contributed by atoms with Crippen molar-refractivity contribution >= 4 is 33.6 Å². The maximum atomic E-state index is 11.6. The van der Waals surface area contributed by atoms with Gasteiger partial charge >= 0.3 is 5.97 Å². The van der Waals surface area contributed by atoms with Gasteiger partial charge < -0.3 is 4.74 Å². The average molecular weight is 300 g/mol. The molecule has 23 heavy (non-hydrogen) atoms. The van der Waals surface area contributed by atoms with Crippen molar-refractivity contribution in [1.82, 2.24) is 0 Å². The number of esters is 1. The summed E-state index contributed by atoms with van der Waals surface area (Å²) < 4.78 is 5.50. The molecule has 0 saturated heterocycles. The van der Waals surface area contributed by atoms with Crippen LogP contribution in [0.2, 0.25) is 0 Å². The Bertz CT molecular complexity index is 966. The molecule has 1 atom stereocenters. The minimum Gasteiger partial charge on any atom is -0.454 e. The standard InChI is InChI=1S/C21H16O2/c1-2-21(22)23-20-9-5-8-16-18-11-10-14-6-3-4-7-15(14)17(18)12-13-19(16)20/h2-8,10-13,20H,1,9H2. The number of carbonyl (C=O) groups is 1. The third-order valence-corrected chi connectivity index (χ3v) is 4.41. The topological polar surface area (TPSA) is 26.3 Å². The summed E-state index contributed by atoms with van der Waals surface area (Å²) in [6, 6.07) is 16.9. The van der Waals surface area contributed by atoms with Crippen LogP contribution in [0.5, 0.6) is 0 Å². The van der Waals surface area contributed by atoms with Crippen molar-refractivity contribution in [3.63, 3.8) is 0 Å². The van der Waals surface area contributed by atoms with Crippen molar-refractivity contribution in [2.75, 3.05) is 0 Å². The Hall–Kier alpha value is -2.87. The number of hydrogen-bond donors (Lipinski definition) is 0. The third kappa shape index (κ3) is 2.23. The molecule has 0 aliphatic heterocycles. The van der Waals surface area contributed by atoms with E-state index in [9.17, 15) is 4.79 Å².